The maximum Gasteiger partial charge on any atom is 0.254 e. The third-order valence-electron chi connectivity index (χ3n) is 7.29. The number of para-hydroxylation sites is 1. The Kier molecular flexibility index (Phi) is 12.9. The number of hydrogen-bond donors (Lipinski definition) is 0. The van der Waals surface area contributed by atoms with Crippen molar-refractivity contribution in [3.8, 4) is 11.5 Å². The molecule has 2 aromatic carbocycles. The van der Waals surface area contributed by atoms with E-state index in [1.807, 2.05) is 70.5 Å². The maximum atomic E-state index is 13.4. The average Bonchev–Trinajstić information content (AvgIpc) is 2.98. The first-order chi connectivity index (χ1) is 19.0. The molecule has 7 heteroatoms. The fourth-order valence-corrected chi connectivity index (χ4v) is 4.82. The van der Waals surface area contributed by atoms with Crippen molar-refractivity contribution in [3.05, 3.63) is 65.7 Å². The number of methoxy groups -OCH3 is 2. The first kappa shape index (κ1) is 30.2. The Labute approximate surface area is 234 Å². The first-order valence-corrected chi connectivity index (χ1v) is 14.3. The van der Waals surface area contributed by atoms with Crippen molar-refractivity contribution in [2.45, 2.75) is 45.4 Å². The van der Waals surface area contributed by atoms with Gasteiger partial charge >= 0.3 is 0 Å². The number of piperazine rings is 1. The molecule has 212 valence electrons. The van der Waals surface area contributed by atoms with Crippen LogP contribution >= 0.6 is 0 Å². The zero-order valence-corrected chi connectivity index (χ0v) is 23.9. The van der Waals surface area contributed by atoms with Gasteiger partial charge in [-0.1, -0.05) is 63.0 Å². The molecule has 1 aliphatic rings. The Hall–Kier alpha value is -3.32. The fraction of sp³-hybridized carbons (Fsp3) is 0.500. The second-order valence-corrected chi connectivity index (χ2v) is 10.0. The number of unbranched alkanes of at least 4 members (excludes halogenated alkanes) is 4. The second kappa shape index (κ2) is 16.6. The molecule has 0 atom stereocenters. The number of carbonyl (C=O) groups excluding carboxylic acids is 2. The van der Waals surface area contributed by atoms with Crippen molar-refractivity contribution in [2.24, 2.45) is 0 Å². The molecule has 0 aliphatic carbocycles. The molecule has 0 aromatic heterocycles. The van der Waals surface area contributed by atoms with E-state index in [9.17, 15) is 9.59 Å². The number of hydrogen-bond acceptors (Lipinski definition) is 5. The van der Waals surface area contributed by atoms with E-state index in [0.29, 0.717) is 25.1 Å². The highest BCUT2D eigenvalue weighted by Crippen LogP contribution is 2.19. The number of amides is 2. The third-order valence-corrected chi connectivity index (χ3v) is 7.29. The molecule has 7 nitrogen and oxygen atoms in total. The monoisotopic (exact) mass is 535 g/mol. The second-order valence-electron chi connectivity index (χ2n) is 10.0. The van der Waals surface area contributed by atoms with Crippen molar-refractivity contribution in [1.82, 2.24) is 14.7 Å². The van der Waals surface area contributed by atoms with Gasteiger partial charge in [-0.2, -0.15) is 0 Å². The topological polar surface area (TPSA) is 62.3 Å². The molecule has 0 bridgehead atoms. The quantitative estimate of drug-likeness (QED) is 0.287. The van der Waals surface area contributed by atoms with Crippen molar-refractivity contribution in [3.63, 3.8) is 0 Å². The van der Waals surface area contributed by atoms with Gasteiger partial charge < -0.3 is 19.3 Å². The molecular formula is C32H45N3O4. The molecule has 1 heterocycles. The van der Waals surface area contributed by atoms with Crippen LogP contribution in [0.2, 0.25) is 0 Å². The van der Waals surface area contributed by atoms with E-state index in [0.717, 1.165) is 62.6 Å². The van der Waals surface area contributed by atoms with Crippen LogP contribution in [0.5, 0.6) is 11.5 Å². The summed E-state index contributed by atoms with van der Waals surface area (Å²) >= 11 is 0. The first-order valence-electron chi connectivity index (χ1n) is 14.3. The number of ether oxygens (including phenoxy) is 2. The molecule has 0 N–H and O–H groups in total. The van der Waals surface area contributed by atoms with Gasteiger partial charge in [0.05, 0.1) is 14.2 Å². The molecule has 1 fully saturated rings. The van der Waals surface area contributed by atoms with E-state index in [2.05, 4.69) is 11.8 Å². The highest BCUT2D eigenvalue weighted by Gasteiger charge is 2.22. The van der Waals surface area contributed by atoms with Gasteiger partial charge in [-0.15, -0.1) is 0 Å². The van der Waals surface area contributed by atoms with Crippen LogP contribution in [-0.4, -0.2) is 86.5 Å². The van der Waals surface area contributed by atoms with Crippen molar-refractivity contribution < 1.29 is 19.1 Å². The van der Waals surface area contributed by atoms with Crippen LogP contribution in [0.25, 0.3) is 6.08 Å². The zero-order valence-electron chi connectivity index (χ0n) is 23.9. The number of carbonyl (C=O) groups is 2. The number of nitrogens with zero attached hydrogens (tertiary/aromatic N) is 3. The summed E-state index contributed by atoms with van der Waals surface area (Å²) in [5.41, 5.74) is 1.61. The maximum absolute atomic E-state index is 13.4. The van der Waals surface area contributed by atoms with E-state index >= 15 is 0 Å². The number of rotatable bonds is 15. The lowest BCUT2D eigenvalue weighted by Crippen LogP contribution is -2.50. The van der Waals surface area contributed by atoms with Gasteiger partial charge in [-0.25, -0.2) is 0 Å². The van der Waals surface area contributed by atoms with E-state index in [4.69, 9.17) is 9.47 Å². The summed E-state index contributed by atoms with van der Waals surface area (Å²) < 4.78 is 10.7. The SMILES string of the molecule is CCCCCCCC(=O)N1CCN(CCN(CC=Cc2ccccc2OC)C(=O)c2ccc(OC)cc2)CC1. The van der Waals surface area contributed by atoms with Crippen LogP contribution in [0.1, 0.15) is 61.4 Å². The van der Waals surface area contributed by atoms with Crippen LogP contribution in [0.3, 0.4) is 0 Å². The van der Waals surface area contributed by atoms with Gasteiger partial charge in [0.1, 0.15) is 11.5 Å². The summed E-state index contributed by atoms with van der Waals surface area (Å²) in [4.78, 5) is 32.3. The van der Waals surface area contributed by atoms with Crippen LogP contribution in [0.15, 0.2) is 54.6 Å². The van der Waals surface area contributed by atoms with Crippen LogP contribution in [0, 0.1) is 0 Å². The standard InChI is InChI=1S/C32H45N3O4/c1-4-5-6-7-8-15-31(36)34-24-21-33(22-25-34)23-26-35(32(37)28-16-18-29(38-2)19-17-28)20-11-13-27-12-9-10-14-30(27)39-3/h9-14,16-19H,4-8,15,20-26H2,1-3H3. The molecule has 0 saturated carbocycles. The van der Waals surface area contributed by atoms with Crippen LogP contribution in [-0.2, 0) is 4.79 Å². The molecule has 0 unspecified atom stereocenters. The molecular weight excluding hydrogens is 490 g/mol. The van der Waals surface area contributed by atoms with Gasteiger partial charge in [0.25, 0.3) is 5.91 Å². The van der Waals surface area contributed by atoms with Gasteiger partial charge in [-0.05, 0) is 36.8 Å². The number of benzene rings is 2. The van der Waals surface area contributed by atoms with E-state index in [1.165, 1.54) is 19.3 Å². The Morgan fingerprint density at radius 2 is 1.62 bits per heavy atom. The highest BCUT2D eigenvalue weighted by molar-refractivity contribution is 5.94. The summed E-state index contributed by atoms with van der Waals surface area (Å²) in [7, 11) is 3.28. The third kappa shape index (κ3) is 9.74. The normalized spacial score (nSPS) is 14.0. The lowest BCUT2D eigenvalue weighted by atomic mass is 10.1. The summed E-state index contributed by atoms with van der Waals surface area (Å²) in [6.07, 6.45) is 10.5. The van der Waals surface area contributed by atoms with Crippen molar-refractivity contribution in [2.75, 3.05) is 60.0 Å². The predicted molar refractivity (Wildman–Crippen MR) is 157 cm³/mol. The van der Waals surface area contributed by atoms with Gasteiger partial charge in [0.2, 0.25) is 5.91 Å². The Morgan fingerprint density at radius 3 is 2.31 bits per heavy atom. The molecule has 2 aromatic rings. The Bertz CT molecular complexity index is 1050. The molecule has 1 saturated heterocycles. The summed E-state index contributed by atoms with van der Waals surface area (Å²) in [6, 6.07) is 15.1. The lowest BCUT2D eigenvalue weighted by Gasteiger charge is -2.36. The van der Waals surface area contributed by atoms with Crippen molar-refractivity contribution in [1.29, 1.82) is 0 Å². The minimum atomic E-state index is -0.0146. The Morgan fingerprint density at radius 1 is 0.897 bits per heavy atom. The summed E-state index contributed by atoms with van der Waals surface area (Å²) in [5.74, 6) is 1.79. The Balaban J connectivity index is 1.55. The summed E-state index contributed by atoms with van der Waals surface area (Å²) in [5, 5.41) is 0. The highest BCUT2D eigenvalue weighted by atomic mass is 16.5. The molecule has 3 rings (SSSR count). The molecule has 0 radical (unpaired) electrons. The summed E-state index contributed by atoms with van der Waals surface area (Å²) in [6.45, 7) is 7.25. The lowest BCUT2D eigenvalue weighted by molar-refractivity contribution is -0.133. The molecule has 2 amide bonds. The van der Waals surface area contributed by atoms with E-state index in [-0.39, 0.29) is 11.8 Å². The molecule has 0 spiro atoms. The van der Waals surface area contributed by atoms with Gasteiger partial charge in [-0.3, -0.25) is 14.5 Å². The zero-order chi connectivity index (χ0) is 27.9. The fourth-order valence-electron chi connectivity index (χ4n) is 4.82. The van der Waals surface area contributed by atoms with Crippen molar-refractivity contribution >= 4 is 17.9 Å². The van der Waals surface area contributed by atoms with E-state index < -0.39 is 0 Å². The van der Waals surface area contributed by atoms with E-state index in [1.54, 1.807) is 14.2 Å². The molecule has 1 aliphatic heterocycles. The average molecular weight is 536 g/mol. The smallest absolute Gasteiger partial charge is 0.254 e. The largest absolute Gasteiger partial charge is 0.497 e. The minimum Gasteiger partial charge on any atom is -0.497 e. The van der Waals surface area contributed by atoms with Crippen LogP contribution < -0.4 is 9.47 Å². The minimum absolute atomic E-state index is 0.0146. The molecule has 39 heavy (non-hydrogen) atoms. The van der Waals surface area contributed by atoms with Crippen LogP contribution in [0.4, 0.5) is 0 Å². The van der Waals surface area contributed by atoms with Gasteiger partial charge in [0.15, 0.2) is 0 Å². The van der Waals surface area contributed by atoms with Gasteiger partial charge in [0, 0.05) is 63.4 Å². The predicted octanol–water partition coefficient (Wildman–Crippen LogP) is 5.36.